The molecule has 0 atom stereocenters. The molecule has 0 saturated carbocycles. The van der Waals surface area contributed by atoms with Crippen molar-refractivity contribution in [2.24, 2.45) is 0 Å². The molecule has 3 N–H and O–H groups in total. The SMILES string of the molecule is Nc1cc(C(=O)NCCc2cccs2)cc(Cl)n1. The number of pyridine rings is 1. The Kier molecular flexibility index (Phi) is 4.17. The standard InChI is InChI=1S/C12H12ClN3OS/c13-10-6-8(7-11(14)16-10)12(17)15-4-3-9-2-1-5-18-9/h1-2,5-7H,3-4H2,(H2,14,16)(H,15,17). The van der Waals surface area contributed by atoms with Gasteiger partial charge in [0.15, 0.2) is 0 Å². The lowest BCUT2D eigenvalue weighted by atomic mass is 10.2. The summed E-state index contributed by atoms with van der Waals surface area (Å²) >= 11 is 7.41. The Morgan fingerprint density at radius 3 is 3.00 bits per heavy atom. The van der Waals surface area contributed by atoms with Crippen LogP contribution in [0.5, 0.6) is 0 Å². The highest BCUT2D eigenvalue weighted by molar-refractivity contribution is 7.09. The molecule has 2 rings (SSSR count). The van der Waals surface area contributed by atoms with Crippen LogP contribution in [-0.2, 0) is 6.42 Å². The maximum atomic E-state index is 11.8. The molecule has 0 aliphatic heterocycles. The highest BCUT2D eigenvalue weighted by Crippen LogP contribution is 2.12. The van der Waals surface area contributed by atoms with Gasteiger partial charge in [0.25, 0.3) is 5.91 Å². The lowest BCUT2D eigenvalue weighted by Crippen LogP contribution is -2.25. The zero-order chi connectivity index (χ0) is 13.0. The van der Waals surface area contributed by atoms with Crippen LogP contribution >= 0.6 is 22.9 Å². The van der Waals surface area contributed by atoms with Gasteiger partial charge in [-0.3, -0.25) is 4.79 Å². The van der Waals surface area contributed by atoms with Crippen molar-refractivity contribution in [3.05, 3.63) is 45.2 Å². The van der Waals surface area contributed by atoms with Crippen LogP contribution in [0.25, 0.3) is 0 Å². The minimum atomic E-state index is -0.192. The molecule has 0 radical (unpaired) electrons. The molecule has 1 amide bonds. The van der Waals surface area contributed by atoms with Gasteiger partial charge in [0.1, 0.15) is 11.0 Å². The number of amides is 1. The normalized spacial score (nSPS) is 10.3. The molecule has 0 spiro atoms. The second-order valence-corrected chi connectivity index (χ2v) is 5.11. The monoisotopic (exact) mass is 281 g/mol. The fraction of sp³-hybridized carbons (Fsp3) is 0.167. The van der Waals surface area contributed by atoms with Crippen LogP contribution in [0, 0.1) is 0 Å². The largest absolute Gasteiger partial charge is 0.384 e. The van der Waals surface area contributed by atoms with E-state index in [2.05, 4.69) is 10.3 Å². The highest BCUT2D eigenvalue weighted by Gasteiger charge is 2.07. The van der Waals surface area contributed by atoms with Crippen molar-refractivity contribution < 1.29 is 4.79 Å². The Hall–Kier alpha value is -1.59. The van der Waals surface area contributed by atoms with Gasteiger partial charge in [-0.1, -0.05) is 17.7 Å². The van der Waals surface area contributed by atoms with E-state index in [1.165, 1.54) is 17.0 Å². The lowest BCUT2D eigenvalue weighted by Gasteiger charge is -2.05. The van der Waals surface area contributed by atoms with Crippen LogP contribution in [0.2, 0.25) is 5.15 Å². The van der Waals surface area contributed by atoms with Crippen molar-refractivity contribution in [2.45, 2.75) is 6.42 Å². The Bertz CT molecular complexity index is 522. The summed E-state index contributed by atoms with van der Waals surface area (Å²) in [4.78, 5) is 16.9. The van der Waals surface area contributed by atoms with Crippen LogP contribution in [0.1, 0.15) is 15.2 Å². The van der Waals surface area contributed by atoms with Crippen molar-refractivity contribution in [3.8, 4) is 0 Å². The third kappa shape index (κ3) is 3.45. The average Bonchev–Trinajstić information content (AvgIpc) is 2.80. The van der Waals surface area contributed by atoms with Crippen molar-refractivity contribution in [2.75, 3.05) is 12.3 Å². The van der Waals surface area contributed by atoms with Gasteiger partial charge in [0.2, 0.25) is 0 Å². The van der Waals surface area contributed by atoms with E-state index in [0.717, 1.165) is 6.42 Å². The predicted octanol–water partition coefficient (Wildman–Crippen LogP) is 2.35. The number of nitrogens with zero attached hydrogens (tertiary/aromatic N) is 1. The van der Waals surface area contributed by atoms with E-state index in [0.29, 0.717) is 12.1 Å². The second kappa shape index (κ2) is 5.84. The number of nitrogens with one attached hydrogen (secondary N) is 1. The van der Waals surface area contributed by atoms with Crippen molar-refractivity contribution in [1.82, 2.24) is 10.3 Å². The number of carbonyl (C=O) groups is 1. The number of anilines is 1. The first-order valence-electron chi connectivity index (χ1n) is 5.39. The van der Waals surface area contributed by atoms with E-state index < -0.39 is 0 Å². The first kappa shape index (κ1) is 12.9. The molecule has 18 heavy (non-hydrogen) atoms. The Morgan fingerprint density at radius 1 is 1.50 bits per heavy atom. The zero-order valence-electron chi connectivity index (χ0n) is 9.52. The van der Waals surface area contributed by atoms with Crippen LogP contribution in [0.4, 0.5) is 5.82 Å². The predicted molar refractivity (Wildman–Crippen MR) is 74.0 cm³/mol. The fourth-order valence-electron chi connectivity index (χ4n) is 1.50. The summed E-state index contributed by atoms with van der Waals surface area (Å²) < 4.78 is 0. The van der Waals surface area contributed by atoms with E-state index in [1.807, 2.05) is 17.5 Å². The third-order valence-electron chi connectivity index (χ3n) is 2.31. The minimum Gasteiger partial charge on any atom is -0.384 e. The summed E-state index contributed by atoms with van der Waals surface area (Å²) in [6, 6.07) is 7.04. The van der Waals surface area contributed by atoms with Gasteiger partial charge in [0, 0.05) is 17.0 Å². The van der Waals surface area contributed by atoms with Crippen LogP contribution in [0.15, 0.2) is 29.6 Å². The molecule has 0 bridgehead atoms. The summed E-state index contributed by atoms with van der Waals surface area (Å²) in [5.41, 5.74) is 5.96. The number of carbonyl (C=O) groups excluding carboxylic acids is 1. The molecule has 0 aliphatic carbocycles. The molecule has 94 valence electrons. The maximum absolute atomic E-state index is 11.8. The molecule has 2 aromatic rings. The first-order chi connectivity index (χ1) is 8.65. The van der Waals surface area contributed by atoms with Crippen molar-refractivity contribution >= 4 is 34.7 Å². The molecule has 0 unspecified atom stereocenters. The van der Waals surface area contributed by atoms with E-state index in [4.69, 9.17) is 17.3 Å². The second-order valence-electron chi connectivity index (χ2n) is 3.69. The summed E-state index contributed by atoms with van der Waals surface area (Å²) in [6.07, 6.45) is 0.817. The van der Waals surface area contributed by atoms with Gasteiger partial charge in [-0.15, -0.1) is 11.3 Å². The average molecular weight is 282 g/mol. The van der Waals surface area contributed by atoms with E-state index in [9.17, 15) is 4.79 Å². The van der Waals surface area contributed by atoms with Gasteiger partial charge < -0.3 is 11.1 Å². The number of hydrogen-bond acceptors (Lipinski definition) is 4. The summed E-state index contributed by atoms with van der Waals surface area (Å²) in [6.45, 7) is 0.583. The number of aromatic nitrogens is 1. The molecular formula is C12H12ClN3OS. The van der Waals surface area contributed by atoms with E-state index in [1.54, 1.807) is 11.3 Å². The highest BCUT2D eigenvalue weighted by atomic mass is 35.5. The van der Waals surface area contributed by atoms with Gasteiger partial charge >= 0.3 is 0 Å². The fourth-order valence-corrected chi connectivity index (χ4v) is 2.43. The van der Waals surface area contributed by atoms with Gasteiger partial charge in [-0.05, 0) is 30.0 Å². The molecule has 0 aromatic carbocycles. The number of rotatable bonds is 4. The van der Waals surface area contributed by atoms with Gasteiger partial charge in [-0.25, -0.2) is 4.98 Å². The molecule has 0 aliphatic rings. The zero-order valence-corrected chi connectivity index (χ0v) is 11.1. The van der Waals surface area contributed by atoms with Crippen LogP contribution < -0.4 is 11.1 Å². The van der Waals surface area contributed by atoms with Crippen LogP contribution in [-0.4, -0.2) is 17.4 Å². The molecule has 4 nitrogen and oxygen atoms in total. The Labute approximate surface area is 114 Å². The molecular weight excluding hydrogens is 270 g/mol. The molecule has 6 heteroatoms. The first-order valence-corrected chi connectivity index (χ1v) is 6.64. The number of hydrogen-bond donors (Lipinski definition) is 2. The third-order valence-corrected chi connectivity index (χ3v) is 3.44. The molecule has 2 heterocycles. The minimum absolute atomic E-state index is 0.192. The smallest absolute Gasteiger partial charge is 0.251 e. The van der Waals surface area contributed by atoms with Crippen LogP contribution in [0.3, 0.4) is 0 Å². The quantitative estimate of drug-likeness (QED) is 0.846. The van der Waals surface area contributed by atoms with Gasteiger partial charge in [-0.2, -0.15) is 0 Å². The Balaban J connectivity index is 1.91. The van der Waals surface area contributed by atoms with Crippen molar-refractivity contribution in [1.29, 1.82) is 0 Å². The molecule has 0 saturated heterocycles. The summed E-state index contributed by atoms with van der Waals surface area (Å²) in [5, 5.41) is 5.05. The number of halogens is 1. The molecule has 0 fully saturated rings. The van der Waals surface area contributed by atoms with E-state index in [-0.39, 0.29) is 16.9 Å². The summed E-state index contributed by atoms with van der Waals surface area (Å²) in [5.74, 6) is 0.0495. The lowest BCUT2D eigenvalue weighted by molar-refractivity contribution is 0.0954. The number of nitrogen functional groups attached to an aromatic ring is 1. The van der Waals surface area contributed by atoms with Gasteiger partial charge in [0.05, 0.1) is 0 Å². The number of thiophene rings is 1. The maximum Gasteiger partial charge on any atom is 0.251 e. The number of nitrogens with two attached hydrogens (primary N) is 1. The van der Waals surface area contributed by atoms with E-state index >= 15 is 0 Å². The molecule has 2 aromatic heterocycles. The topological polar surface area (TPSA) is 68.0 Å². The van der Waals surface area contributed by atoms with Crippen molar-refractivity contribution in [3.63, 3.8) is 0 Å². The summed E-state index contributed by atoms with van der Waals surface area (Å²) in [7, 11) is 0. The Morgan fingerprint density at radius 2 is 2.33 bits per heavy atom.